The molecule has 0 spiro atoms. The van der Waals surface area contributed by atoms with E-state index < -0.39 is 0 Å². The number of ether oxygens (including phenoxy) is 2. The fourth-order valence-corrected chi connectivity index (χ4v) is 3.07. The van der Waals surface area contributed by atoms with Crippen LogP contribution in [0.1, 0.15) is 19.3 Å². The summed E-state index contributed by atoms with van der Waals surface area (Å²) in [4.78, 5) is 25.8. The first-order chi connectivity index (χ1) is 11.7. The number of amides is 2. The van der Waals surface area contributed by atoms with Crippen LogP contribution in [-0.4, -0.2) is 51.3 Å². The van der Waals surface area contributed by atoms with Gasteiger partial charge in [0.1, 0.15) is 5.75 Å². The van der Waals surface area contributed by atoms with Crippen molar-refractivity contribution in [2.45, 2.75) is 25.3 Å². The molecule has 2 aliphatic rings. The van der Waals surface area contributed by atoms with E-state index >= 15 is 0 Å². The molecule has 7 nitrogen and oxygen atoms in total. The first kappa shape index (κ1) is 16.7. The summed E-state index contributed by atoms with van der Waals surface area (Å²) >= 11 is 0. The van der Waals surface area contributed by atoms with Crippen molar-refractivity contribution in [1.29, 1.82) is 0 Å². The van der Waals surface area contributed by atoms with Crippen molar-refractivity contribution in [2.24, 2.45) is 0 Å². The van der Waals surface area contributed by atoms with Crippen LogP contribution < -0.4 is 20.3 Å². The lowest BCUT2D eigenvalue weighted by molar-refractivity contribution is -0.118. The number of anilines is 2. The molecule has 2 saturated heterocycles. The zero-order valence-corrected chi connectivity index (χ0v) is 13.8. The first-order valence-corrected chi connectivity index (χ1v) is 8.27. The normalized spacial score (nSPS) is 21.0. The number of carbonyl (C=O) groups excluding carboxylic acids is 2. The summed E-state index contributed by atoms with van der Waals surface area (Å²) in [6.07, 6.45) is 1.78. The second-order valence-corrected chi connectivity index (χ2v) is 6.01. The standard InChI is InChI=1S/C17H23N3O4/c1-23-15-9-12(4-5-14(15)20-7-2-3-17(20)22)19-16(21)10-13-11-24-8-6-18-13/h4-5,9,13,18H,2-3,6-8,10-11H2,1H3,(H,19,21). The van der Waals surface area contributed by atoms with Gasteiger partial charge in [-0.15, -0.1) is 0 Å². The van der Waals surface area contributed by atoms with E-state index in [-0.39, 0.29) is 17.9 Å². The molecule has 0 saturated carbocycles. The van der Waals surface area contributed by atoms with E-state index in [0.717, 1.165) is 18.7 Å². The third-order valence-corrected chi connectivity index (χ3v) is 4.26. The molecule has 2 heterocycles. The molecule has 0 aliphatic carbocycles. The first-order valence-electron chi connectivity index (χ1n) is 8.27. The molecule has 7 heteroatoms. The second-order valence-electron chi connectivity index (χ2n) is 6.01. The average molecular weight is 333 g/mol. The number of carbonyl (C=O) groups is 2. The Hall–Kier alpha value is -2.12. The quantitative estimate of drug-likeness (QED) is 0.845. The predicted molar refractivity (Wildman–Crippen MR) is 90.4 cm³/mol. The van der Waals surface area contributed by atoms with Crippen molar-refractivity contribution in [3.63, 3.8) is 0 Å². The number of nitrogens with one attached hydrogen (secondary N) is 2. The summed E-state index contributed by atoms with van der Waals surface area (Å²) < 4.78 is 10.8. The van der Waals surface area contributed by atoms with E-state index in [1.165, 1.54) is 0 Å². The van der Waals surface area contributed by atoms with Gasteiger partial charge >= 0.3 is 0 Å². The van der Waals surface area contributed by atoms with Crippen LogP contribution in [-0.2, 0) is 14.3 Å². The zero-order valence-electron chi connectivity index (χ0n) is 13.8. The lowest BCUT2D eigenvalue weighted by atomic mass is 10.2. The molecule has 1 aromatic rings. The highest BCUT2D eigenvalue weighted by atomic mass is 16.5. The molecule has 0 radical (unpaired) electrons. The lowest BCUT2D eigenvalue weighted by Crippen LogP contribution is -2.43. The molecule has 2 fully saturated rings. The summed E-state index contributed by atoms with van der Waals surface area (Å²) in [6.45, 7) is 2.71. The Kier molecular flexibility index (Phi) is 5.32. The third kappa shape index (κ3) is 3.85. The summed E-state index contributed by atoms with van der Waals surface area (Å²) in [5.41, 5.74) is 1.41. The Morgan fingerprint density at radius 1 is 1.50 bits per heavy atom. The molecule has 0 aromatic heterocycles. The fraction of sp³-hybridized carbons (Fsp3) is 0.529. The number of rotatable bonds is 5. The van der Waals surface area contributed by atoms with Crippen LogP contribution in [0.3, 0.4) is 0 Å². The van der Waals surface area contributed by atoms with Crippen LogP contribution in [0.25, 0.3) is 0 Å². The Balaban J connectivity index is 1.65. The molecular weight excluding hydrogens is 310 g/mol. The Morgan fingerprint density at radius 2 is 2.38 bits per heavy atom. The molecule has 2 N–H and O–H groups in total. The molecule has 2 aliphatic heterocycles. The largest absolute Gasteiger partial charge is 0.494 e. The van der Waals surface area contributed by atoms with Gasteiger partial charge < -0.3 is 25.0 Å². The van der Waals surface area contributed by atoms with Gasteiger partial charge in [0.25, 0.3) is 0 Å². The van der Waals surface area contributed by atoms with E-state index in [2.05, 4.69) is 10.6 Å². The maximum Gasteiger partial charge on any atom is 0.227 e. The van der Waals surface area contributed by atoms with Gasteiger partial charge in [0, 0.05) is 43.7 Å². The van der Waals surface area contributed by atoms with Crippen molar-refractivity contribution < 1.29 is 19.1 Å². The minimum absolute atomic E-state index is 0.0436. The van der Waals surface area contributed by atoms with Gasteiger partial charge in [0.2, 0.25) is 11.8 Å². The van der Waals surface area contributed by atoms with E-state index in [1.54, 1.807) is 24.1 Å². The summed E-state index contributed by atoms with van der Waals surface area (Å²) in [6, 6.07) is 5.41. The summed E-state index contributed by atoms with van der Waals surface area (Å²) in [5, 5.41) is 6.13. The molecule has 1 aromatic carbocycles. The molecule has 3 rings (SSSR count). The van der Waals surface area contributed by atoms with Gasteiger partial charge in [-0.3, -0.25) is 9.59 Å². The van der Waals surface area contributed by atoms with Gasteiger partial charge in [-0.05, 0) is 18.6 Å². The Bertz CT molecular complexity index is 614. The van der Waals surface area contributed by atoms with Crippen LogP contribution in [0.4, 0.5) is 11.4 Å². The number of hydrogen-bond donors (Lipinski definition) is 2. The van der Waals surface area contributed by atoms with Crippen molar-refractivity contribution in [3.8, 4) is 5.75 Å². The smallest absolute Gasteiger partial charge is 0.227 e. The number of benzene rings is 1. The van der Waals surface area contributed by atoms with Crippen LogP contribution in [0, 0.1) is 0 Å². The molecule has 1 atom stereocenters. The van der Waals surface area contributed by atoms with Crippen molar-refractivity contribution in [2.75, 3.05) is 43.6 Å². The minimum atomic E-state index is -0.0787. The topological polar surface area (TPSA) is 79.9 Å². The second kappa shape index (κ2) is 7.63. The van der Waals surface area contributed by atoms with Crippen molar-refractivity contribution in [3.05, 3.63) is 18.2 Å². The predicted octanol–water partition coefficient (Wildman–Crippen LogP) is 1.14. The third-order valence-electron chi connectivity index (χ3n) is 4.26. The monoisotopic (exact) mass is 333 g/mol. The van der Waals surface area contributed by atoms with E-state index in [1.807, 2.05) is 6.07 Å². The number of nitrogens with zero attached hydrogens (tertiary/aromatic N) is 1. The van der Waals surface area contributed by atoms with E-state index in [9.17, 15) is 9.59 Å². The summed E-state index contributed by atoms with van der Waals surface area (Å²) in [5.74, 6) is 0.612. The molecule has 24 heavy (non-hydrogen) atoms. The molecular formula is C17H23N3O4. The highest BCUT2D eigenvalue weighted by Gasteiger charge is 2.24. The number of hydrogen-bond acceptors (Lipinski definition) is 5. The molecule has 130 valence electrons. The van der Waals surface area contributed by atoms with Crippen molar-refractivity contribution >= 4 is 23.2 Å². The SMILES string of the molecule is COc1cc(NC(=O)CC2COCCN2)ccc1N1CCCC1=O. The number of methoxy groups -OCH3 is 1. The highest BCUT2D eigenvalue weighted by Crippen LogP contribution is 2.33. The Labute approximate surface area is 141 Å². The number of morpholine rings is 1. The maximum atomic E-state index is 12.2. The van der Waals surface area contributed by atoms with Gasteiger partial charge in [-0.25, -0.2) is 0 Å². The van der Waals surface area contributed by atoms with Gasteiger partial charge in [0.15, 0.2) is 0 Å². The van der Waals surface area contributed by atoms with E-state index in [4.69, 9.17) is 9.47 Å². The van der Waals surface area contributed by atoms with Gasteiger partial charge in [-0.1, -0.05) is 0 Å². The fourth-order valence-electron chi connectivity index (χ4n) is 3.07. The highest BCUT2D eigenvalue weighted by molar-refractivity contribution is 5.98. The van der Waals surface area contributed by atoms with Crippen LogP contribution >= 0.6 is 0 Å². The molecule has 1 unspecified atom stereocenters. The maximum absolute atomic E-state index is 12.2. The zero-order chi connectivity index (χ0) is 16.9. The van der Waals surface area contributed by atoms with E-state index in [0.29, 0.717) is 44.0 Å². The lowest BCUT2D eigenvalue weighted by Gasteiger charge is -2.23. The molecule has 2 amide bonds. The minimum Gasteiger partial charge on any atom is -0.494 e. The van der Waals surface area contributed by atoms with Crippen molar-refractivity contribution in [1.82, 2.24) is 5.32 Å². The summed E-state index contributed by atoms with van der Waals surface area (Å²) in [7, 11) is 1.56. The van der Waals surface area contributed by atoms with Crippen LogP contribution in [0.2, 0.25) is 0 Å². The van der Waals surface area contributed by atoms with Crippen LogP contribution in [0.15, 0.2) is 18.2 Å². The average Bonchev–Trinajstić information content (AvgIpc) is 3.01. The van der Waals surface area contributed by atoms with Gasteiger partial charge in [0.05, 0.1) is 26.0 Å². The van der Waals surface area contributed by atoms with Crippen LogP contribution in [0.5, 0.6) is 5.75 Å². The molecule has 0 bridgehead atoms. The van der Waals surface area contributed by atoms with Gasteiger partial charge in [-0.2, -0.15) is 0 Å². The Morgan fingerprint density at radius 3 is 3.04 bits per heavy atom.